The molecule has 0 aliphatic rings. The maximum absolute atomic E-state index is 15.3. The van der Waals surface area contributed by atoms with E-state index in [0.29, 0.717) is 55.9 Å². The molecule has 0 saturated heterocycles. The van der Waals surface area contributed by atoms with E-state index >= 15 is 13.2 Å². The molecule has 12 aromatic rings. The first kappa shape index (κ1) is 47.5. The Morgan fingerprint density at radius 3 is 0.962 bits per heavy atom. The highest BCUT2D eigenvalue weighted by molar-refractivity contribution is 6.14. The minimum atomic E-state index is -4.86. The topological polar surface area (TPSA) is 94.3 Å². The summed E-state index contributed by atoms with van der Waals surface area (Å²) in [4.78, 5) is 10.8. The number of alkyl halides is 3. The van der Waals surface area contributed by atoms with Crippen LogP contribution in [0.3, 0.4) is 0 Å². The number of aromatic nitrogens is 2. The van der Waals surface area contributed by atoms with Crippen LogP contribution in [0.5, 0.6) is 0 Å². The fourth-order valence-corrected chi connectivity index (χ4v) is 10.5. The number of nitriles is 3. The van der Waals surface area contributed by atoms with Crippen molar-refractivity contribution in [2.24, 2.45) is 0 Å². The molecular weight excluding hydrogens is 974 g/mol. The third-order valence-electron chi connectivity index (χ3n) is 14.3. The molecule has 0 bridgehead atoms. The van der Waals surface area contributed by atoms with Crippen molar-refractivity contribution < 1.29 is 13.2 Å². The molecule has 0 N–H and O–H groups in total. The second-order valence-electron chi connectivity index (χ2n) is 18.7. The molecule has 12 rings (SSSR count). The lowest BCUT2D eigenvalue weighted by Gasteiger charge is -2.22. The molecule has 0 spiro atoms. The minimum absolute atomic E-state index is 0.0681. The van der Waals surface area contributed by atoms with E-state index in [2.05, 4.69) is 32.7 Å². The average Bonchev–Trinajstić information content (AvgIpc) is 4.10. The Labute approximate surface area is 444 Å². The lowest BCUT2D eigenvalue weighted by Crippen LogP contribution is -2.08. The molecule has 0 unspecified atom stereocenters. The van der Waals surface area contributed by atoms with Gasteiger partial charge in [0.25, 0.3) is 0 Å². The predicted octanol–water partition coefficient (Wildman–Crippen LogP) is 18.5. The van der Waals surface area contributed by atoms with Crippen molar-refractivity contribution in [1.82, 2.24) is 9.13 Å². The molecule has 362 valence electrons. The van der Waals surface area contributed by atoms with E-state index < -0.39 is 11.7 Å². The summed E-state index contributed by atoms with van der Waals surface area (Å²) in [5, 5.41) is 33.7. The normalized spacial score (nSPS) is 11.2. The standard InChI is InChI=1S/C67H33F3N8/c1-74-53-20-12-45(13-21-53)49-18-26-58-59-27-19-50(46-14-22-54(75-2)23-15-46)35-63(59)78(62(58)34-49)65-29-42(39-73)28-64(66(65)51-30-52(67(68,69)70)36-55(31-51)76-3)77-60-32-47(43-8-4-40(37-71)5-9-43)16-24-56(60)57-25-17-48(33-61(57)77)44-10-6-41(38-72)7-11-44/h4-36H. The summed E-state index contributed by atoms with van der Waals surface area (Å²) in [6.45, 7) is 23.3. The van der Waals surface area contributed by atoms with Crippen LogP contribution in [-0.2, 0) is 6.18 Å². The maximum atomic E-state index is 15.3. The number of benzene rings is 10. The summed E-state index contributed by atoms with van der Waals surface area (Å²) in [5.74, 6) is 0. The molecule has 0 fully saturated rings. The summed E-state index contributed by atoms with van der Waals surface area (Å²) in [7, 11) is 0. The van der Waals surface area contributed by atoms with Crippen molar-refractivity contribution in [3.63, 3.8) is 0 Å². The summed E-state index contributed by atoms with van der Waals surface area (Å²) in [5.41, 5.74) is 10.9. The zero-order valence-electron chi connectivity index (χ0n) is 40.8. The van der Waals surface area contributed by atoms with Crippen LogP contribution in [0.15, 0.2) is 200 Å². The van der Waals surface area contributed by atoms with E-state index in [0.717, 1.165) is 78.2 Å². The Morgan fingerprint density at radius 1 is 0.333 bits per heavy atom. The van der Waals surface area contributed by atoms with Gasteiger partial charge in [0.15, 0.2) is 17.1 Å². The van der Waals surface area contributed by atoms with Crippen LogP contribution >= 0.6 is 0 Å². The van der Waals surface area contributed by atoms with Crippen LogP contribution in [0.2, 0.25) is 0 Å². The fourth-order valence-electron chi connectivity index (χ4n) is 10.5. The van der Waals surface area contributed by atoms with Crippen LogP contribution in [0.1, 0.15) is 22.3 Å². The average molecular weight is 1010 g/mol. The van der Waals surface area contributed by atoms with E-state index in [1.807, 2.05) is 130 Å². The first-order chi connectivity index (χ1) is 38.0. The lowest BCUT2D eigenvalue weighted by atomic mass is 9.95. The van der Waals surface area contributed by atoms with Crippen LogP contribution in [-0.4, -0.2) is 9.13 Å². The van der Waals surface area contributed by atoms with Gasteiger partial charge in [-0.1, -0.05) is 121 Å². The van der Waals surface area contributed by atoms with Gasteiger partial charge in [-0.15, -0.1) is 0 Å². The molecule has 0 saturated carbocycles. The quantitative estimate of drug-likeness (QED) is 0.149. The number of hydrogen-bond acceptors (Lipinski definition) is 3. The Kier molecular flexibility index (Phi) is 11.4. The van der Waals surface area contributed by atoms with E-state index in [-0.39, 0.29) is 22.4 Å². The highest BCUT2D eigenvalue weighted by Gasteiger charge is 2.33. The molecule has 10 aromatic carbocycles. The second kappa shape index (κ2) is 18.8. The van der Waals surface area contributed by atoms with Gasteiger partial charge in [-0.05, 0) is 129 Å². The molecule has 2 heterocycles. The third kappa shape index (κ3) is 8.17. The van der Waals surface area contributed by atoms with Gasteiger partial charge in [0.2, 0.25) is 0 Å². The highest BCUT2D eigenvalue weighted by Crippen LogP contribution is 2.47. The summed E-state index contributed by atoms with van der Waals surface area (Å²) in [6, 6.07) is 66.1. The molecule has 8 nitrogen and oxygen atoms in total. The van der Waals surface area contributed by atoms with Crippen molar-refractivity contribution in [2.75, 3.05) is 0 Å². The zero-order chi connectivity index (χ0) is 53.8. The van der Waals surface area contributed by atoms with Gasteiger partial charge < -0.3 is 9.13 Å². The lowest BCUT2D eigenvalue weighted by molar-refractivity contribution is -0.137. The molecule has 11 heteroatoms. The molecule has 0 atom stereocenters. The van der Waals surface area contributed by atoms with Crippen LogP contribution in [0, 0.1) is 53.7 Å². The van der Waals surface area contributed by atoms with Crippen molar-refractivity contribution in [1.29, 1.82) is 15.8 Å². The Hall–Kier alpha value is -11.5. The van der Waals surface area contributed by atoms with E-state index in [9.17, 15) is 15.8 Å². The molecule has 0 radical (unpaired) electrons. The summed E-state index contributed by atoms with van der Waals surface area (Å²) < 4.78 is 49.8. The van der Waals surface area contributed by atoms with Gasteiger partial charge in [-0.25, -0.2) is 14.5 Å². The highest BCUT2D eigenvalue weighted by atomic mass is 19.4. The van der Waals surface area contributed by atoms with Crippen molar-refractivity contribution in [3.05, 3.63) is 257 Å². The minimum Gasteiger partial charge on any atom is -0.308 e. The number of halogens is 3. The van der Waals surface area contributed by atoms with Crippen LogP contribution < -0.4 is 0 Å². The van der Waals surface area contributed by atoms with Crippen molar-refractivity contribution >= 4 is 60.7 Å². The molecule has 78 heavy (non-hydrogen) atoms. The predicted molar refractivity (Wildman–Crippen MR) is 300 cm³/mol. The molecule has 2 aromatic heterocycles. The smallest absolute Gasteiger partial charge is 0.308 e. The number of nitrogens with zero attached hydrogens (tertiary/aromatic N) is 8. The van der Waals surface area contributed by atoms with Crippen LogP contribution in [0.25, 0.3) is 125 Å². The summed E-state index contributed by atoms with van der Waals surface area (Å²) >= 11 is 0. The van der Waals surface area contributed by atoms with Gasteiger partial charge in [-0.2, -0.15) is 29.0 Å². The molecule has 0 aliphatic carbocycles. The molecule has 0 amide bonds. The first-order valence-corrected chi connectivity index (χ1v) is 24.3. The second-order valence-corrected chi connectivity index (χ2v) is 18.7. The number of fused-ring (bicyclic) bond motifs is 6. The zero-order valence-corrected chi connectivity index (χ0v) is 40.8. The SMILES string of the molecule is [C-]#[N+]c1ccc(-c2ccc3c4ccc(-c5ccc([N+]#[C-])cc5)cc4n(-c4cc(C#N)cc(-n5c6cc(-c7ccc(C#N)cc7)ccc6c6ccc(-c7ccc(C#N)cc7)cc65)c4-c4cc([N+]#[C-])cc(C(F)(F)F)c4)c3c2)cc1. The molecule has 0 aliphatic heterocycles. The summed E-state index contributed by atoms with van der Waals surface area (Å²) in [6.07, 6.45) is -4.86. The maximum Gasteiger partial charge on any atom is 0.415 e. The van der Waals surface area contributed by atoms with Gasteiger partial charge in [-0.3, -0.25) is 0 Å². The molecular formula is C67H33F3N8. The fraction of sp³-hybridized carbons (Fsp3) is 0.0149. The van der Waals surface area contributed by atoms with E-state index in [1.165, 1.54) is 6.07 Å². The Morgan fingerprint density at radius 2 is 0.654 bits per heavy atom. The van der Waals surface area contributed by atoms with Gasteiger partial charge in [0.1, 0.15) is 0 Å². The van der Waals surface area contributed by atoms with Gasteiger partial charge in [0, 0.05) is 32.7 Å². The van der Waals surface area contributed by atoms with Crippen molar-refractivity contribution in [3.8, 4) is 85.2 Å². The monoisotopic (exact) mass is 1010 g/mol. The van der Waals surface area contributed by atoms with Gasteiger partial charge >= 0.3 is 6.18 Å². The Bertz CT molecular complexity index is 4260. The van der Waals surface area contributed by atoms with Crippen molar-refractivity contribution in [2.45, 2.75) is 6.18 Å². The number of rotatable bonds is 7. The van der Waals surface area contributed by atoms with Crippen LogP contribution in [0.4, 0.5) is 30.2 Å². The third-order valence-corrected chi connectivity index (χ3v) is 14.3. The largest absolute Gasteiger partial charge is 0.415 e. The first-order valence-electron chi connectivity index (χ1n) is 24.3. The number of hydrogen-bond donors (Lipinski definition) is 0. The van der Waals surface area contributed by atoms with Gasteiger partial charge in [0.05, 0.1) is 88.1 Å². The van der Waals surface area contributed by atoms with E-state index in [4.69, 9.17) is 19.7 Å². The van der Waals surface area contributed by atoms with E-state index in [1.54, 1.807) is 60.7 Å². The Balaban J connectivity index is 1.26.